The molecule has 2 unspecified atom stereocenters. The first-order chi connectivity index (χ1) is 8.49. The smallest absolute Gasteiger partial charge is 0.311 e. The highest BCUT2D eigenvalue weighted by atomic mass is 16.6. The summed E-state index contributed by atoms with van der Waals surface area (Å²) >= 11 is 0. The summed E-state index contributed by atoms with van der Waals surface area (Å²) in [5.74, 6) is -2.64. The number of carboxylic acid groups (broad SMARTS) is 1. The fraction of sp³-hybridized carbons (Fsp3) is 0.273. The van der Waals surface area contributed by atoms with E-state index in [1.165, 1.54) is 24.3 Å². The van der Waals surface area contributed by atoms with Crippen molar-refractivity contribution in [2.45, 2.75) is 12.5 Å². The van der Waals surface area contributed by atoms with E-state index in [9.17, 15) is 19.7 Å². The van der Waals surface area contributed by atoms with Gasteiger partial charge in [0.1, 0.15) is 12.0 Å². The largest absolute Gasteiger partial charge is 0.481 e. The van der Waals surface area contributed by atoms with E-state index in [1.54, 1.807) is 0 Å². The lowest BCUT2D eigenvalue weighted by Crippen LogP contribution is -2.17. The molecule has 1 saturated heterocycles. The molecule has 7 heteroatoms. The number of ether oxygens (including phenoxy) is 1. The summed E-state index contributed by atoms with van der Waals surface area (Å²) in [5.41, 5.74) is 0.341. The van der Waals surface area contributed by atoms with Crippen molar-refractivity contribution in [2.24, 2.45) is 5.92 Å². The number of nitro benzene ring substituents is 1. The maximum absolute atomic E-state index is 11.1. The van der Waals surface area contributed by atoms with E-state index in [1.807, 2.05) is 0 Å². The molecule has 1 aromatic rings. The van der Waals surface area contributed by atoms with Gasteiger partial charge in [0.05, 0.1) is 11.3 Å². The molecule has 1 aromatic carbocycles. The zero-order valence-corrected chi connectivity index (χ0v) is 9.11. The number of hydrogen-bond donors (Lipinski definition) is 1. The Kier molecular flexibility index (Phi) is 2.97. The van der Waals surface area contributed by atoms with Gasteiger partial charge in [-0.1, -0.05) is 0 Å². The number of benzene rings is 1. The number of nitrogens with zero attached hydrogens (tertiary/aromatic N) is 1. The maximum Gasteiger partial charge on any atom is 0.311 e. The number of hydrogen-bond acceptors (Lipinski definition) is 5. The van der Waals surface area contributed by atoms with Crippen LogP contribution in [0.1, 0.15) is 18.1 Å². The number of non-ortho nitro benzene ring substituents is 1. The summed E-state index contributed by atoms with van der Waals surface area (Å²) < 4.78 is 4.93. The minimum absolute atomic E-state index is 0.102. The number of esters is 1. The highest BCUT2D eigenvalue weighted by molar-refractivity contribution is 5.82. The zero-order valence-electron chi connectivity index (χ0n) is 9.11. The van der Waals surface area contributed by atoms with Crippen molar-refractivity contribution in [3.05, 3.63) is 39.9 Å². The summed E-state index contributed by atoms with van der Waals surface area (Å²) in [5, 5.41) is 19.4. The Morgan fingerprint density at radius 2 is 2.00 bits per heavy atom. The number of aliphatic carboxylic acids is 1. The molecule has 7 nitrogen and oxygen atoms in total. The minimum atomic E-state index is -1.12. The quantitative estimate of drug-likeness (QED) is 0.492. The molecular formula is C11H9NO6. The van der Waals surface area contributed by atoms with Gasteiger partial charge in [-0.2, -0.15) is 0 Å². The number of carbonyl (C=O) groups excluding carboxylic acids is 1. The number of carboxylic acids is 1. The molecule has 1 aliphatic rings. The third-order valence-electron chi connectivity index (χ3n) is 2.76. The molecule has 1 N–H and O–H groups in total. The van der Waals surface area contributed by atoms with Gasteiger partial charge in [-0.05, 0) is 17.7 Å². The Balaban J connectivity index is 2.27. The Morgan fingerprint density at radius 1 is 1.39 bits per heavy atom. The van der Waals surface area contributed by atoms with Crippen molar-refractivity contribution in [3.8, 4) is 0 Å². The van der Waals surface area contributed by atoms with Crippen molar-refractivity contribution in [1.82, 2.24) is 0 Å². The second-order valence-corrected chi connectivity index (χ2v) is 3.91. The summed E-state index contributed by atoms with van der Waals surface area (Å²) in [7, 11) is 0. The monoisotopic (exact) mass is 251 g/mol. The van der Waals surface area contributed by atoms with E-state index in [0.29, 0.717) is 5.56 Å². The van der Waals surface area contributed by atoms with Crippen molar-refractivity contribution >= 4 is 17.6 Å². The lowest BCUT2D eigenvalue weighted by atomic mass is 9.95. The van der Waals surface area contributed by atoms with E-state index in [2.05, 4.69) is 0 Å². The molecule has 0 saturated carbocycles. The molecule has 1 fully saturated rings. The van der Waals surface area contributed by atoms with Crippen LogP contribution in [0.3, 0.4) is 0 Å². The van der Waals surface area contributed by atoms with E-state index in [-0.39, 0.29) is 12.1 Å². The first kappa shape index (κ1) is 12.0. The van der Waals surface area contributed by atoms with Crippen LogP contribution >= 0.6 is 0 Å². The molecule has 1 aliphatic heterocycles. The summed E-state index contributed by atoms with van der Waals surface area (Å²) in [6.07, 6.45) is -1.06. The van der Waals surface area contributed by atoms with Gasteiger partial charge in [-0.15, -0.1) is 0 Å². The second-order valence-electron chi connectivity index (χ2n) is 3.91. The Bertz CT molecular complexity index is 509. The van der Waals surface area contributed by atoms with Gasteiger partial charge in [-0.25, -0.2) is 0 Å². The third kappa shape index (κ3) is 2.15. The summed E-state index contributed by atoms with van der Waals surface area (Å²) in [6, 6.07) is 5.30. The molecule has 0 amide bonds. The fourth-order valence-electron chi connectivity index (χ4n) is 1.86. The van der Waals surface area contributed by atoms with Crippen molar-refractivity contribution in [1.29, 1.82) is 0 Å². The molecule has 0 bridgehead atoms. The number of rotatable bonds is 3. The van der Waals surface area contributed by atoms with Crippen LogP contribution in [0.25, 0.3) is 0 Å². The molecule has 0 spiro atoms. The lowest BCUT2D eigenvalue weighted by Gasteiger charge is -2.13. The van der Waals surface area contributed by atoms with Gasteiger partial charge in [0.2, 0.25) is 0 Å². The number of carbonyl (C=O) groups is 2. The van der Waals surface area contributed by atoms with E-state index in [0.717, 1.165) is 0 Å². The normalized spacial score (nSPS) is 22.6. The van der Waals surface area contributed by atoms with Crippen molar-refractivity contribution < 1.29 is 24.4 Å². The van der Waals surface area contributed by atoms with Gasteiger partial charge < -0.3 is 9.84 Å². The molecule has 2 atom stereocenters. The molecule has 0 radical (unpaired) electrons. The second kappa shape index (κ2) is 4.44. The van der Waals surface area contributed by atoms with Crippen LogP contribution < -0.4 is 0 Å². The highest BCUT2D eigenvalue weighted by Gasteiger charge is 2.40. The van der Waals surface area contributed by atoms with Gasteiger partial charge in [0.15, 0.2) is 0 Å². The Hall–Kier alpha value is -2.44. The van der Waals surface area contributed by atoms with Crippen LogP contribution in [-0.4, -0.2) is 22.0 Å². The van der Waals surface area contributed by atoms with Gasteiger partial charge >= 0.3 is 11.9 Å². The predicted octanol–water partition coefficient (Wildman–Crippen LogP) is 1.28. The topological polar surface area (TPSA) is 107 Å². The van der Waals surface area contributed by atoms with Crippen LogP contribution in [0.15, 0.2) is 24.3 Å². The standard InChI is InChI=1S/C11H9NO6/c13-9-5-8(11(14)15)10(18-9)6-1-3-7(4-2-6)12(16)17/h1-4,8,10H,5H2,(H,14,15). The fourth-order valence-corrected chi connectivity index (χ4v) is 1.86. The minimum Gasteiger partial charge on any atom is -0.481 e. The highest BCUT2D eigenvalue weighted by Crippen LogP contribution is 2.35. The summed E-state index contributed by atoms with van der Waals surface area (Å²) in [6.45, 7) is 0. The number of cyclic esters (lactones) is 1. The first-order valence-corrected chi connectivity index (χ1v) is 5.15. The van der Waals surface area contributed by atoms with Crippen LogP contribution in [-0.2, 0) is 14.3 Å². The maximum atomic E-state index is 11.1. The Morgan fingerprint density at radius 3 is 2.50 bits per heavy atom. The van der Waals surface area contributed by atoms with Crippen molar-refractivity contribution in [3.63, 3.8) is 0 Å². The van der Waals surface area contributed by atoms with Crippen LogP contribution in [0.2, 0.25) is 0 Å². The Labute approximate surface area is 101 Å². The van der Waals surface area contributed by atoms with Gasteiger partial charge in [0, 0.05) is 12.1 Å². The predicted molar refractivity (Wildman–Crippen MR) is 57.7 cm³/mol. The average molecular weight is 251 g/mol. The van der Waals surface area contributed by atoms with Gasteiger partial charge in [-0.3, -0.25) is 19.7 Å². The first-order valence-electron chi connectivity index (χ1n) is 5.15. The van der Waals surface area contributed by atoms with Crippen LogP contribution in [0.4, 0.5) is 5.69 Å². The number of nitro groups is 1. The molecule has 1 heterocycles. The molecule has 0 aliphatic carbocycles. The lowest BCUT2D eigenvalue weighted by molar-refractivity contribution is -0.384. The van der Waals surface area contributed by atoms with Crippen LogP contribution in [0, 0.1) is 16.0 Å². The average Bonchev–Trinajstić information content (AvgIpc) is 2.71. The SMILES string of the molecule is O=C1CC(C(=O)O)C(c2ccc([N+](=O)[O-])cc2)O1. The van der Waals surface area contributed by atoms with E-state index >= 15 is 0 Å². The molecule has 18 heavy (non-hydrogen) atoms. The molecule has 2 rings (SSSR count). The third-order valence-corrected chi connectivity index (χ3v) is 2.76. The molecule has 0 aromatic heterocycles. The molecule has 94 valence electrons. The van der Waals surface area contributed by atoms with E-state index < -0.39 is 28.9 Å². The van der Waals surface area contributed by atoms with Crippen molar-refractivity contribution in [2.75, 3.05) is 0 Å². The zero-order chi connectivity index (χ0) is 13.3. The van der Waals surface area contributed by atoms with Crippen LogP contribution in [0.5, 0.6) is 0 Å². The summed E-state index contributed by atoms with van der Waals surface area (Å²) in [4.78, 5) is 32.0. The van der Waals surface area contributed by atoms with Gasteiger partial charge in [0.25, 0.3) is 5.69 Å². The van der Waals surface area contributed by atoms with E-state index in [4.69, 9.17) is 9.84 Å². The molecular weight excluding hydrogens is 242 g/mol.